The molecule has 2 aromatic rings. The Bertz CT molecular complexity index is 663. The number of rotatable bonds is 4. The van der Waals surface area contributed by atoms with Gasteiger partial charge in [-0.05, 0) is 44.2 Å². The first kappa shape index (κ1) is 15.9. The largest absolute Gasteiger partial charge is 0.573 e. The van der Waals surface area contributed by atoms with E-state index in [1.54, 1.807) is 13.8 Å². The minimum Gasteiger partial charge on any atom is -0.461 e. The molecule has 0 saturated heterocycles. The summed E-state index contributed by atoms with van der Waals surface area (Å²) >= 11 is 0. The molecule has 0 aliphatic heterocycles. The molecule has 2 rings (SSSR count). The van der Waals surface area contributed by atoms with Crippen LogP contribution in [0.3, 0.4) is 0 Å². The van der Waals surface area contributed by atoms with E-state index in [0.717, 1.165) is 12.1 Å². The topological polar surface area (TPSA) is 53.3 Å². The number of aryl methyl sites for hydroxylation is 1. The van der Waals surface area contributed by atoms with Crippen molar-refractivity contribution in [1.29, 1.82) is 0 Å². The fourth-order valence-corrected chi connectivity index (χ4v) is 1.84. The molecule has 0 aliphatic carbocycles. The lowest BCUT2D eigenvalue weighted by Gasteiger charge is -2.10. The van der Waals surface area contributed by atoms with E-state index in [4.69, 9.17) is 4.74 Å². The predicted molar refractivity (Wildman–Crippen MR) is 70.9 cm³/mol. The van der Waals surface area contributed by atoms with E-state index in [1.807, 2.05) is 0 Å². The van der Waals surface area contributed by atoms with Crippen LogP contribution in [0.2, 0.25) is 0 Å². The fourth-order valence-electron chi connectivity index (χ4n) is 1.84. The summed E-state index contributed by atoms with van der Waals surface area (Å²) < 4.78 is 46.4. The minimum absolute atomic E-state index is 0.198. The molecule has 1 heterocycles. The van der Waals surface area contributed by atoms with Crippen molar-refractivity contribution in [2.24, 2.45) is 0 Å². The summed E-state index contributed by atoms with van der Waals surface area (Å²) in [5, 5.41) is 4.14. The molecule has 5 nitrogen and oxygen atoms in total. The monoisotopic (exact) mass is 314 g/mol. The number of nitrogens with zero attached hydrogens (tertiary/aromatic N) is 2. The third kappa shape index (κ3) is 3.78. The highest BCUT2D eigenvalue weighted by Gasteiger charge is 2.31. The van der Waals surface area contributed by atoms with E-state index in [9.17, 15) is 18.0 Å². The van der Waals surface area contributed by atoms with Gasteiger partial charge >= 0.3 is 12.3 Å². The number of benzene rings is 1. The first-order valence-electron chi connectivity index (χ1n) is 6.40. The highest BCUT2D eigenvalue weighted by molar-refractivity contribution is 5.88. The van der Waals surface area contributed by atoms with E-state index in [-0.39, 0.29) is 18.1 Å². The van der Waals surface area contributed by atoms with Gasteiger partial charge in [0, 0.05) is 0 Å². The summed E-state index contributed by atoms with van der Waals surface area (Å²) in [4.78, 5) is 11.9. The normalized spacial score (nSPS) is 11.3. The Kier molecular flexibility index (Phi) is 4.39. The highest BCUT2D eigenvalue weighted by atomic mass is 19.4. The Hall–Kier alpha value is -2.51. The van der Waals surface area contributed by atoms with Gasteiger partial charge in [-0.15, -0.1) is 13.2 Å². The van der Waals surface area contributed by atoms with Crippen LogP contribution in [0.15, 0.2) is 30.3 Å². The Morgan fingerprint density at radius 2 is 1.91 bits per heavy atom. The van der Waals surface area contributed by atoms with E-state index >= 15 is 0 Å². The molecule has 1 aromatic heterocycles. The number of carbonyl (C=O) groups excluding carboxylic acids is 1. The molecule has 0 fully saturated rings. The zero-order chi connectivity index (χ0) is 16.3. The van der Waals surface area contributed by atoms with E-state index < -0.39 is 12.3 Å². The second-order valence-electron chi connectivity index (χ2n) is 4.34. The maximum atomic E-state index is 12.1. The molecule has 1 aromatic carbocycles. The maximum absolute atomic E-state index is 12.1. The molecule has 0 spiro atoms. The molecular weight excluding hydrogens is 301 g/mol. The van der Waals surface area contributed by atoms with Crippen molar-refractivity contribution in [3.8, 4) is 11.4 Å². The first-order valence-corrected chi connectivity index (χ1v) is 6.40. The standard InChI is InChI=1S/C14H13F3N2O3/c1-3-21-13(20)12-8-9(2)18-19(12)10-4-6-11(7-5-10)22-14(15,16)17/h4-8H,3H2,1-2H3. The molecule has 118 valence electrons. The van der Waals surface area contributed by atoms with Crippen molar-refractivity contribution in [1.82, 2.24) is 9.78 Å². The van der Waals surface area contributed by atoms with E-state index in [2.05, 4.69) is 9.84 Å². The second kappa shape index (κ2) is 6.08. The lowest BCUT2D eigenvalue weighted by molar-refractivity contribution is -0.274. The predicted octanol–water partition coefficient (Wildman–Crippen LogP) is 3.26. The first-order chi connectivity index (χ1) is 10.3. The molecule has 0 aliphatic rings. The van der Waals surface area contributed by atoms with Gasteiger partial charge in [0.25, 0.3) is 0 Å². The van der Waals surface area contributed by atoms with Gasteiger partial charge in [-0.25, -0.2) is 9.48 Å². The number of aromatic nitrogens is 2. The number of carbonyl (C=O) groups is 1. The van der Waals surface area contributed by atoms with Crippen molar-refractivity contribution in [3.63, 3.8) is 0 Å². The summed E-state index contributed by atoms with van der Waals surface area (Å²) in [6.07, 6.45) is -4.75. The number of hydrogen-bond donors (Lipinski definition) is 0. The smallest absolute Gasteiger partial charge is 0.461 e. The number of alkyl halides is 3. The van der Waals surface area contributed by atoms with Gasteiger partial charge in [-0.1, -0.05) is 0 Å². The maximum Gasteiger partial charge on any atom is 0.573 e. The van der Waals surface area contributed by atoms with Crippen molar-refractivity contribution in [2.45, 2.75) is 20.2 Å². The van der Waals surface area contributed by atoms with Gasteiger partial charge in [0.15, 0.2) is 5.69 Å². The Morgan fingerprint density at radius 1 is 1.27 bits per heavy atom. The molecule has 8 heteroatoms. The van der Waals surface area contributed by atoms with E-state index in [1.165, 1.54) is 22.9 Å². The number of halogens is 3. The number of hydrogen-bond acceptors (Lipinski definition) is 4. The summed E-state index contributed by atoms with van der Waals surface area (Å²) in [7, 11) is 0. The van der Waals surface area contributed by atoms with Crippen LogP contribution in [-0.4, -0.2) is 28.7 Å². The zero-order valence-electron chi connectivity index (χ0n) is 11.8. The summed E-state index contributed by atoms with van der Waals surface area (Å²) in [5.74, 6) is -0.906. The van der Waals surface area contributed by atoms with Gasteiger partial charge < -0.3 is 9.47 Å². The lowest BCUT2D eigenvalue weighted by atomic mass is 10.3. The van der Waals surface area contributed by atoms with Crippen molar-refractivity contribution in [2.75, 3.05) is 6.61 Å². The van der Waals surface area contributed by atoms with Crippen LogP contribution < -0.4 is 4.74 Å². The van der Waals surface area contributed by atoms with Crippen LogP contribution in [0.4, 0.5) is 13.2 Å². The van der Waals surface area contributed by atoms with Crippen LogP contribution in [0, 0.1) is 6.92 Å². The summed E-state index contributed by atoms with van der Waals surface area (Å²) in [6, 6.07) is 6.58. The second-order valence-corrected chi connectivity index (χ2v) is 4.34. The molecule has 0 radical (unpaired) electrons. The SMILES string of the molecule is CCOC(=O)c1cc(C)nn1-c1ccc(OC(F)(F)F)cc1. The number of esters is 1. The Morgan fingerprint density at radius 3 is 2.45 bits per heavy atom. The molecule has 22 heavy (non-hydrogen) atoms. The van der Waals surface area contributed by atoms with Gasteiger partial charge in [-0.3, -0.25) is 0 Å². The molecule has 0 N–H and O–H groups in total. The molecular formula is C14H13F3N2O3. The fraction of sp³-hybridized carbons (Fsp3) is 0.286. The molecule has 0 amide bonds. The highest BCUT2D eigenvalue weighted by Crippen LogP contribution is 2.24. The summed E-state index contributed by atoms with van der Waals surface area (Å²) in [6.45, 7) is 3.58. The third-order valence-electron chi connectivity index (χ3n) is 2.63. The van der Waals surface area contributed by atoms with Gasteiger partial charge in [0.2, 0.25) is 0 Å². The molecule has 0 bridgehead atoms. The average molecular weight is 314 g/mol. The third-order valence-corrected chi connectivity index (χ3v) is 2.63. The van der Waals surface area contributed by atoms with Crippen LogP contribution in [0.1, 0.15) is 23.1 Å². The van der Waals surface area contributed by atoms with Crippen LogP contribution in [-0.2, 0) is 4.74 Å². The Labute approximate surface area is 124 Å². The number of ether oxygens (including phenoxy) is 2. The van der Waals surface area contributed by atoms with Gasteiger partial charge in [0.1, 0.15) is 5.75 Å². The zero-order valence-corrected chi connectivity index (χ0v) is 11.8. The van der Waals surface area contributed by atoms with Crippen LogP contribution >= 0.6 is 0 Å². The van der Waals surface area contributed by atoms with Gasteiger partial charge in [-0.2, -0.15) is 5.10 Å². The molecule has 0 unspecified atom stereocenters. The quantitative estimate of drug-likeness (QED) is 0.813. The van der Waals surface area contributed by atoms with Crippen LogP contribution in [0.25, 0.3) is 5.69 Å². The van der Waals surface area contributed by atoms with Crippen molar-refractivity contribution >= 4 is 5.97 Å². The van der Waals surface area contributed by atoms with Gasteiger partial charge in [0.05, 0.1) is 18.0 Å². The van der Waals surface area contributed by atoms with E-state index in [0.29, 0.717) is 11.4 Å². The molecule has 0 saturated carbocycles. The lowest BCUT2D eigenvalue weighted by Crippen LogP contribution is -2.17. The average Bonchev–Trinajstić information content (AvgIpc) is 2.80. The van der Waals surface area contributed by atoms with Crippen molar-refractivity contribution in [3.05, 3.63) is 41.7 Å². The summed E-state index contributed by atoms with van der Waals surface area (Å²) in [5.41, 5.74) is 1.20. The molecule has 0 atom stereocenters. The van der Waals surface area contributed by atoms with Crippen LogP contribution in [0.5, 0.6) is 5.75 Å². The minimum atomic E-state index is -4.75. The van der Waals surface area contributed by atoms with Crippen molar-refractivity contribution < 1.29 is 27.4 Å². The Balaban J connectivity index is 2.30.